The van der Waals surface area contributed by atoms with Gasteiger partial charge >= 0.3 is 5.00 Å². The normalized spacial score (nSPS) is 31.4. The molecule has 4 heterocycles. The number of rotatable bonds is 3. The van der Waals surface area contributed by atoms with Gasteiger partial charge in [-0.2, -0.15) is 0 Å². The van der Waals surface area contributed by atoms with Gasteiger partial charge in [-0.15, -0.1) is 0 Å². The predicted molar refractivity (Wildman–Crippen MR) is 65.3 cm³/mol. The molecule has 1 aromatic heterocycles. The molecule has 3 aliphatic rings. The van der Waals surface area contributed by atoms with E-state index in [1.165, 1.54) is 32.1 Å². The van der Waals surface area contributed by atoms with Crippen LogP contribution in [0.2, 0.25) is 0 Å². The summed E-state index contributed by atoms with van der Waals surface area (Å²) in [7, 11) is 0. The Morgan fingerprint density at radius 1 is 1.53 bits per heavy atom. The van der Waals surface area contributed by atoms with Gasteiger partial charge in [-0.3, -0.25) is 10.1 Å². The van der Waals surface area contributed by atoms with Gasteiger partial charge in [0.05, 0.1) is 4.92 Å². The fourth-order valence-electron chi connectivity index (χ4n) is 2.70. The third kappa shape index (κ3) is 2.12. The Bertz CT molecular complexity index is 428. The first kappa shape index (κ1) is 10.9. The van der Waals surface area contributed by atoms with Crippen LogP contribution in [0.3, 0.4) is 0 Å². The average Bonchev–Trinajstić information content (AvgIpc) is 2.79. The van der Waals surface area contributed by atoms with Crippen LogP contribution in [0.5, 0.6) is 0 Å². The van der Waals surface area contributed by atoms with Gasteiger partial charge in [0.2, 0.25) is 0 Å². The number of nitrogens with zero attached hydrogens (tertiary/aromatic N) is 3. The lowest BCUT2D eigenvalue weighted by molar-refractivity contribution is -0.380. The summed E-state index contributed by atoms with van der Waals surface area (Å²) in [5.41, 5.74) is 0. The summed E-state index contributed by atoms with van der Waals surface area (Å²) >= 11 is 1.12. The molecule has 3 fully saturated rings. The molecule has 0 spiro atoms. The number of fused-ring (bicyclic) bond motifs is 3. The predicted octanol–water partition coefficient (Wildman–Crippen LogP) is 1.56. The van der Waals surface area contributed by atoms with Gasteiger partial charge in [-0.25, -0.2) is 4.98 Å². The van der Waals surface area contributed by atoms with E-state index in [0.29, 0.717) is 17.1 Å². The van der Waals surface area contributed by atoms with Crippen LogP contribution in [0.15, 0.2) is 6.20 Å². The molecular formula is C10H14N4O2S. The monoisotopic (exact) mass is 254 g/mol. The van der Waals surface area contributed by atoms with Crippen LogP contribution in [0, 0.1) is 16.0 Å². The highest BCUT2D eigenvalue weighted by atomic mass is 32.1. The van der Waals surface area contributed by atoms with Crippen molar-refractivity contribution in [3.8, 4) is 0 Å². The molecule has 0 aliphatic carbocycles. The van der Waals surface area contributed by atoms with E-state index in [1.807, 2.05) is 0 Å². The largest absolute Gasteiger partial charge is 0.357 e. The first-order valence-corrected chi connectivity index (χ1v) is 6.63. The van der Waals surface area contributed by atoms with Crippen molar-refractivity contribution in [1.82, 2.24) is 9.88 Å². The summed E-state index contributed by atoms with van der Waals surface area (Å²) < 4.78 is 0. The van der Waals surface area contributed by atoms with E-state index in [2.05, 4.69) is 15.2 Å². The number of piperidine rings is 3. The van der Waals surface area contributed by atoms with Gasteiger partial charge in [0, 0.05) is 12.6 Å². The second-order valence-corrected chi connectivity index (χ2v) is 5.66. The Labute approximate surface area is 103 Å². The van der Waals surface area contributed by atoms with Crippen molar-refractivity contribution in [1.29, 1.82) is 0 Å². The second kappa shape index (κ2) is 4.23. The third-order valence-corrected chi connectivity index (χ3v) is 4.52. The van der Waals surface area contributed by atoms with E-state index in [1.54, 1.807) is 0 Å². The second-order valence-electron chi connectivity index (χ2n) is 4.65. The molecule has 3 aliphatic heterocycles. The van der Waals surface area contributed by atoms with E-state index < -0.39 is 0 Å². The molecule has 0 saturated carbocycles. The number of nitro groups is 1. The highest BCUT2D eigenvalue weighted by Gasteiger charge is 2.34. The van der Waals surface area contributed by atoms with Gasteiger partial charge in [-0.1, -0.05) is 0 Å². The lowest BCUT2D eigenvalue weighted by Crippen LogP contribution is -2.53. The minimum atomic E-state index is -0.390. The van der Waals surface area contributed by atoms with Gasteiger partial charge in [-0.05, 0) is 43.2 Å². The lowest BCUT2D eigenvalue weighted by atomic mass is 9.84. The van der Waals surface area contributed by atoms with Crippen molar-refractivity contribution in [3.63, 3.8) is 0 Å². The van der Waals surface area contributed by atoms with E-state index in [0.717, 1.165) is 17.9 Å². The molecular weight excluding hydrogens is 240 g/mol. The summed E-state index contributed by atoms with van der Waals surface area (Å²) in [6.45, 7) is 3.43. The zero-order valence-electron chi connectivity index (χ0n) is 9.33. The maximum Gasteiger partial charge on any atom is 0.345 e. The van der Waals surface area contributed by atoms with E-state index in [4.69, 9.17) is 0 Å². The summed E-state index contributed by atoms with van der Waals surface area (Å²) in [6, 6.07) is 0.406. The number of anilines is 1. The summed E-state index contributed by atoms with van der Waals surface area (Å²) in [5.74, 6) is 0.697. The maximum absolute atomic E-state index is 10.6. The SMILES string of the molecule is O=[N+]([O-])c1cnc(NC2CN3CCC2CC3)s1. The van der Waals surface area contributed by atoms with Crippen LogP contribution in [0.1, 0.15) is 12.8 Å². The lowest BCUT2D eigenvalue weighted by Gasteiger charge is -2.44. The first-order valence-electron chi connectivity index (χ1n) is 5.81. The summed E-state index contributed by atoms with van der Waals surface area (Å²) in [4.78, 5) is 16.7. The number of thiazole rings is 1. The van der Waals surface area contributed by atoms with E-state index >= 15 is 0 Å². The van der Waals surface area contributed by atoms with Crippen LogP contribution < -0.4 is 5.32 Å². The first-order chi connectivity index (χ1) is 8.22. The number of hydrogen-bond donors (Lipinski definition) is 1. The molecule has 2 bridgehead atoms. The van der Waals surface area contributed by atoms with Gasteiger partial charge in [0.15, 0.2) is 5.13 Å². The molecule has 3 saturated heterocycles. The van der Waals surface area contributed by atoms with Crippen LogP contribution in [0.25, 0.3) is 0 Å². The minimum Gasteiger partial charge on any atom is -0.357 e. The van der Waals surface area contributed by atoms with Gasteiger partial charge in [0.1, 0.15) is 6.20 Å². The molecule has 0 aromatic carbocycles. The molecule has 17 heavy (non-hydrogen) atoms. The van der Waals surface area contributed by atoms with E-state index in [-0.39, 0.29) is 9.92 Å². The molecule has 6 nitrogen and oxygen atoms in total. The molecule has 7 heteroatoms. The fourth-order valence-corrected chi connectivity index (χ4v) is 3.40. The van der Waals surface area contributed by atoms with Crippen molar-refractivity contribution in [2.24, 2.45) is 5.92 Å². The molecule has 0 radical (unpaired) electrons. The Morgan fingerprint density at radius 3 is 2.82 bits per heavy atom. The van der Waals surface area contributed by atoms with Crippen molar-refractivity contribution in [2.75, 3.05) is 25.0 Å². The smallest absolute Gasteiger partial charge is 0.345 e. The van der Waals surface area contributed by atoms with Crippen molar-refractivity contribution in [2.45, 2.75) is 18.9 Å². The number of nitrogens with one attached hydrogen (secondary N) is 1. The topological polar surface area (TPSA) is 71.3 Å². The van der Waals surface area contributed by atoms with Crippen molar-refractivity contribution in [3.05, 3.63) is 16.3 Å². The minimum absolute atomic E-state index is 0.105. The number of aromatic nitrogens is 1. The highest BCUT2D eigenvalue weighted by molar-refractivity contribution is 7.18. The Morgan fingerprint density at radius 2 is 2.29 bits per heavy atom. The number of hydrogen-bond acceptors (Lipinski definition) is 6. The quantitative estimate of drug-likeness (QED) is 0.654. The average molecular weight is 254 g/mol. The van der Waals surface area contributed by atoms with Crippen LogP contribution in [0.4, 0.5) is 10.1 Å². The van der Waals surface area contributed by atoms with Crippen LogP contribution in [-0.4, -0.2) is 40.5 Å². The Kier molecular flexibility index (Phi) is 2.71. The highest BCUT2D eigenvalue weighted by Crippen LogP contribution is 2.32. The molecule has 4 rings (SSSR count). The zero-order valence-corrected chi connectivity index (χ0v) is 10.2. The summed E-state index contributed by atoms with van der Waals surface area (Å²) in [5, 5.41) is 14.7. The zero-order chi connectivity index (χ0) is 11.8. The van der Waals surface area contributed by atoms with Crippen LogP contribution in [-0.2, 0) is 0 Å². The standard InChI is InChI=1S/C10H14N4O2S/c15-14(16)9-5-11-10(17-9)12-8-6-13-3-1-7(8)2-4-13/h5,7-8H,1-4,6H2,(H,11,12). The summed E-state index contributed by atoms with van der Waals surface area (Å²) in [6.07, 6.45) is 3.78. The van der Waals surface area contributed by atoms with Gasteiger partial charge in [0.25, 0.3) is 0 Å². The molecule has 1 N–H and O–H groups in total. The maximum atomic E-state index is 10.6. The molecule has 0 amide bonds. The Balaban J connectivity index is 1.68. The van der Waals surface area contributed by atoms with Crippen molar-refractivity contribution < 1.29 is 4.92 Å². The van der Waals surface area contributed by atoms with Gasteiger partial charge < -0.3 is 10.2 Å². The third-order valence-electron chi connectivity index (χ3n) is 3.64. The van der Waals surface area contributed by atoms with E-state index in [9.17, 15) is 10.1 Å². The van der Waals surface area contributed by atoms with Crippen molar-refractivity contribution >= 4 is 21.5 Å². The molecule has 1 aromatic rings. The van der Waals surface area contributed by atoms with Crippen LogP contribution >= 0.6 is 11.3 Å². The molecule has 1 unspecified atom stereocenters. The molecule has 92 valence electrons. The fraction of sp³-hybridized carbons (Fsp3) is 0.700. The Hall–Kier alpha value is -1.21. The molecule has 1 atom stereocenters.